The van der Waals surface area contributed by atoms with Gasteiger partial charge in [0, 0.05) is 31.9 Å². The van der Waals surface area contributed by atoms with Crippen LogP contribution in [0.15, 0.2) is 85.2 Å². The molecule has 3 aliphatic rings. The Hall–Kier alpha value is -6.64. The summed E-state index contributed by atoms with van der Waals surface area (Å²) in [7, 11) is 1.30. The molecule has 3 aliphatic heterocycles. The predicted molar refractivity (Wildman–Crippen MR) is 258 cm³/mol. The number of imidazole rings is 2. The number of H-pyrrole nitrogens is 2. The number of amides is 4. The summed E-state index contributed by atoms with van der Waals surface area (Å²) >= 11 is 0. The van der Waals surface area contributed by atoms with Crippen LogP contribution in [0.5, 0.6) is 0 Å². The molecule has 5 N–H and O–H groups in total. The number of anilines is 1. The summed E-state index contributed by atoms with van der Waals surface area (Å²) in [5, 5.41) is 14.6. The van der Waals surface area contributed by atoms with Crippen molar-refractivity contribution in [1.82, 2.24) is 40.4 Å². The monoisotopic (exact) mass is 912 g/mol. The van der Waals surface area contributed by atoms with Crippen molar-refractivity contribution in [3.8, 4) is 22.5 Å². The van der Waals surface area contributed by atoms with Crippen molar-refractivity contribution in [3.63, 3.8) is 0 Å². The van der Waals surface area contributed by atoms with Gasteiger partial charge < -0.3 is 45.1 Å². The Morgan fingerprint density at radius 2 is 1.21 bits per heavy atom. The minimum atomic E-state index is -1.22. The van der Waals surface area contributed by atoms with Crippen molar-refractivity contribution in [1.29, 1.82) is 0 Å². The van der Waals surface area contributed by atoms with Crippen LogP contribution >= 0.6 is 0 Å². The minimum Gasteiger partial charge on any atom is -0.465 e. The Kier molecular flexibility index (Phi) is 13.2. The first kappa shape index (κ1) is 46.9. The van der Waals surface area contributed by atoms with Gasteiger partial charge in [-0.15, -0.1) is 0 Å². The van der Waals surface area contributed by atoms with Gasteiger partial charge in [-0.25, -0.2) is 19.6 Å². The number of carbonyl (C=O) groups is 4. The zero-order valence-electron chi connectivity index (χ0n) is 39.9. The number of carboxylic acid groups (broad SMARTS) is 1. The van der Waals surface area contributed by atoms with E-state index in [9.17, 15) is 24.3 Å². The molecule has 15 nitrogen and oxygen atoms in total. The summed E-state index contributed by atoms with van der Waals surface area (Å²) in [4.78, 5) is 74.1. The number of hydrogen-bond acceptors (Lipinski definition) is 8. The second-order valence-electron chi connectivity index (χ2n) is 20.2. The predicted octanol–water partition coefficient (Wildman–Crippen LogP) is 8.57. The molecule has 8 rings (SSSR count). The van der Waals surface area contributed by atoms with Crippen LogP contribution in [0.4, 0.5) is 15.3 Å². The van der Waals surface area contributed by atoms with Crippen LogP contribution in [0, 0.1) is 11.8 Å². The lowest BCUT2D eigenvalue weighted by atomic mass is 9.67. The van der Waals surface area contributed by atoms with Gasteiger partial charge in [-0.05, 0) is 95.0 Å². The lowest BCUT2D eigenvalue weighted by Gasteiger charge is -2.52. The van der Waals surface area contributed by atoms with Gasteiger partial charge in [-0.1, -0.05) is 97.0 Å². The molecule has 4 amide bonds. The van der Waals surface area contributed by atoms with Gasteiger partial charge in [0.15, 0.2) is 0 Å². The molecule has 0 spiro atoms. The van der Waals surface area contributed by atoms with E-state index in [-0.39, 0.29) is 46.6 Å². The molecular formula is C52H65N9O6. The molecule has 0 radical (unpaired) electrons. The summed E-state index contributed by atoms with van der Waals surface area (Å²) in [6.07, 6.45) is 4.93. The lowest BCUT2D eigenvalue weighted by molar-refractivity contribution is -0.136. The first-order valence-electron chi connectivity index (χ1n) is 23.6. The first-order chi connectivity index (χ1) is 32.0. The van der Waals surface area contributed by atoms with E-state index in [1.165, 1.54) is 18.4 Å². The molecule has 4 atom stereocenters. The van der Waals surface area contributed by atoms with Gasteiger partial charge in [0.1, 0.15) is 23.7 Å². The highest BCUT2D eigenvalue weighted by molar-refractivity contribution is 5.87. The highest BCUT2D eigenvalue weighted by Gasteiger charge is 2.47. The highest BCUT2D eigenvalue weighted by atomic mass is 16.5. The SMILES string of the molecule is COC(=O)N[C@H](C(=O)N1CCC[C@H]1c1ncc(-c2cccc(C3(c4cccc(-c5cnc([C@@H]6CCCN6C(=O)[C@@H](NC(=O)O)C(C)C)[nH]5)c4)CN(c4ccc(C(C)(C)C)cc4)C3)c2)[nH]1)C(C)C. The maximum Gasteiger partial charge on any atom is 0.407 e. The first-order valence-corrected chi connectivity index (χ1v) is 23.6. The van der Waals surface area contributed by atoms with E-state index in [4.69, 9.17) is 14.7 Å². The topological polar surface area (TPSA) is 189 Å². The third-order valence-electron chi connectivity index (χ3n) is 14.0. The second kappa shape index (κ2) is 18.9. The third-order valence-corrected chi connectivity index (χ3v) is 14.0. The van der Waals surface area contributed by atoms with E-state index in [1.807, 2.05) is 45.0 Å². The fourth-order valence-electron chi connectivity index (χ4n) is 10.1. The van der Waals surface area contributed by atoms with Gasteiger partial charge >= 0.3 is 12.2 Å². The smallest absolute Gasteiger partial charge is 0.407 e. The van der Waals surface area contributed by atoms with Crippen LogP contribution < -0.4 is 15.5 Å². The highest BCUT2D eigenvalue weighted by Crippen LogP contribution is 2.45. The van der Waals surface area contributed by atoms with Crippen LogP contribution in [-0.2, 0) is 25.2 Å². The Morgan fingerprint density at radius 3 is 1.64 bits per heavy atom. The molecule has 2 aromatic heterocycles. The van der Waals surface area contributed by atoms with E-state index in [2.05, 4.69) is 119 Å². The summed E-state index contributed by atoms with van der Waals surface area (Å²) in [5.74, 6) is 0.661. The molecule has 5 heterocycles. The van der Waals surface area contributed by atoms with Crippen molar-refractivity contribution in [3.05, 3.63) is 114 Å². The van der Waals surface area contributed by atoms with Crippen molar-refractivity contribution >= 4 is 29.7 Å². The Labute approximate surface area is 393 Å². The zero-order valence-corrected chi connectivity index (χ0v) is 39.9. The Bertz CT molecular complexity index is 2590. The molecule has 3 fully saturated rings. The summed E-state index contributed by atoms with van der Waals surface area (Å²) in [5.41, 5.74) is 8.06. The number of alkyl carbamates (subject to hydrolysis) is 1. The number of aromatic nitrogens is 4. The normalized spacial score (nSPS) is 19.0. The molecule has 3 aromatic carbocycles. The second-order valence-corrected chi connectivity index (χ2v) is 20.2. The van der Waals surface area contributed by atoms with Crippen LogP contribution in [0.25, 0.3) is 22.5 Å². The van der Waals surface area contributed by atoms with E-state index >= 15 is 0 Å². The maximum atomic E-state index is 13.9. The molecule has 67 heavy (non-hydrogen) atoms. The number of benzene rings is 3. The zero-order chi connectivity index (χ0) is 47.8. The summed E-state index contributed by atoms with van der Waals surface area (Å²) in [6, 6.07) is 24.0. The standard InChI is InChI=1S/C52H65N9O6/c1-31(2)43(57-49(64)65)47(62)60-23-11-17-41(60)45-53-27-39(55-45)33-13-9-15-36(25-33)52(29-59(30-52)38-21-19-35(20-22-38)51(5,6)7)37-16-10-14-34(26-37)40-28-54-46(56-40)42-18-12-24-61(42)48(63)44(32(3)4)58-50(66)67-8/h9-10,13-16,19-22,25-28,31-32,41-44,57H,11-12,17-18,23-24,29-30H2,1-8H3,(H,53,55)(H,54,56)(H,58,66)(H,64,65)/t41-,42-,43-,44-/m0/s1. The average molecular weight is 912 g/mol. The number of likely N-dealkylation sites (tertiary alicyclic amines) is 2. The maximum absolute atomic E-state index is 13.9. The van der Waals surface area contributed by atoms with E-state index in [1.54, 1.807) is 4.90 Å². The third kappa shape index (κ3) is 9.50. The molecular weight excluding hydrogens is 847 g/mol. The number of nitrogens with one attached hydrogen (secondary N) is 4. The van der Waals surface area contributed by atoms with Gasteiger partial charge in [-0.2, -0.15) is 0 Å². The molecule has 0 unspecified atom stereocenters. The Balaban J connectivity index is 1.09. The van der Waals surface area contributed by atoms with Crippen molar-refractivity contribution in [2.75, 3.05) is 38.2 Å². The van der Waals surface area contributed by atoms with Crippen molar-refractivity contribution < 1.29 is 29.0 Å². The number of carbonyl (C=O) groups excluding carboxylic acids is 3. The number of ether oxygens (including phenoxy) is 1. The number of aromatic amines is 2. The molecule has 5 aromatic rings. The molecule has 0 aliphatic carbocycles. The fourth-order valence-corrected chi connectivity index (χ4v) is 10.1. The quantitative estimate of drug-likeness (QED) is 0.0771. The number of hydrogen-bond donors (Lipinski definition) is 5. The molecule has 3 saturated heterocycles. The van der Waals surface area contributed by atoms with Gasteiger partial charge in [0.2, 0.25) is 11.8 Å². The van der Waals surface area contributed by atoms with Crippen LogP contribution in [0.1, 0.15) is 115 Å². The largest absolute Gasteiger partial charge is 0.465 e. The van der Waals surface area contributed by atoms with Gasteiger partial charge in [0.25, 0.3) is 0 Å². The van der Waals surface area contributed by atoms with Gasteiger partial charge in [0.05, 0.1) is 48.4 Å². The fraction of sp³-hybridized carbons (Fsp3) is 0.462. The molecule has 354 valence electrons. The van der Waals surface area contributed by atoms with Gasteiger partial charge in [-0.3, -0.25) is 9.59 Å². The van der Waals surface area contributed by atoms with Crippen LogP contribution in [0.3, 0.4) is 0 Å². The van der Waals surface area contributed by atoms with Crippen LogP contribution in [0.2, 0.25) is 0 Å². The molecule has 15 heteroatoms. The molecule has 0 bridgehead atoms. The average Bonchev–Trinajstić information content (AvgIpc) is 4.14. The number of methoxy groups -OCH3 is 1. The van der Waals surface area contributed by atoms with E-state index in [0.29, 0.717) is 24.7 Å². The Morgan fingerprint density at radius 1 is 0.731 bits per heavy atom. The molecule has 0 saturated carbocycles. The van der Waals surface area contributed by atoms with Crippen molar-refractivity contribution in [2.24, 2.45) is 11.8 Å². The van der Waals surface area contributed by atoms with E-state index in [0.717, 1.165) is 72.4 Å². The lowest BCUT2D eigenvalue weighted by Crippen LogP contribution is -2.60. The number of rotatable bonds is 13. The van der Waals surface area contributed by atoms with E-state index < -0.39 is 24.3 Å². The summed E-state index contributed by atoms with van der Waals surface area (Å²) < 4.78 is 4.83. The number of nitrogens with zero attached hydrogens (tertiary/aromatic N) is 5. The van der Waals surface area contributed by atoms with Crippen LogP contribution in [-0.4, -0.2) is 104 Å². The minimum absolute atomic E-state index is 0.0423. The summed E-state index contributed by atoms with van der Waals surface area (Å²) in [6.45, 7) is 16.8. The van der Waals surface area contributed by atoms with Crippen molar-refractivity contribution in [2.45, 2.75) is 109 Å².